The van der Waals surface area contributed by atoms with Gasteiger partial charge in [0.15, 0.2) is 0 Å². The lowest BCUT2D eigenvalue weighted by Gasteiger charge is -2.14. The van der Waals surface area contributed by atoms with Crippen molar-refractivity contribution < 1.29 is 27.6 Å². The van der Waals surface area contributed by atoms with Crippen molar-refractivity contribution in [1.82, 2.24) is 21.2 Å². The first kappa shape index (κ1) is 26.5. The zero-order valence-electron chi connectivity index (χ0n) is 20.1. The average molecular weight is 543 g/mol. The van der Waals surface area contributed by atoms with Gasteiger partial charge in [0.05, 0.1) is 32.3 Å². The number of aromatic nitrogens is 1. The lowest BCUT2D eigenvalue weighted by atomic mass is 10.1. The van der Waals surface area contributed by atoms with Crippen LogP contribution in [0.25, 0.3) is 0 Å². The number of benzene rings is 1. The third-order valence-corrected chi connectivity index (χ3v) is 6.51. The maximum atomic E-state index is 12.9. The Morgan fingerprint density at radius 3 is 2.32 bits per heavy atom. The number of nitrogens with one attached hydrogen (secondary N) is 3. The molecule has 9 nitrogen and oxygen atoms in total. The Balaban J connectivity index is 1.37. The molecular formula is C25H21F3N6O3S. The van der Waals surface area contributed by atoms with E-state index in [0.717, 1.165) is 46.2 Å². The van der Waals surface area contributed by atoms with Gasteiger partial charge in [-0.25, -0.2) is 0 Å². The third kappa shape index (κ3) is 5.89. The number of allylic oxidation sites excluding steroid dienone is 1. The van der Waals surface area contributed by atoms with E-state index in [0.29, 0.717) is 17.1 Å². The van der Waals surface area contributed by atoms with E-state index in [-0.39, 0.29) is 27.7 Å². The van der Waals surface area contributed by atoms with Crippen LogP contribution < -0.4 is 21.2 Å². The molecule has 1 aliphatic rings. The number of carbonyl (C=O) groups excluding carboxylic acids is 3. The Kier molecular flexibility index (Phi) is 7.57. The van der Waals surface area contributed by atoms with Crippen LogP contribution in [0.2, 0.25) is 0 Å². The predicted molar refractivity (Wildman–Crippen MR) is 135 cm³/mol. The fourth-order valence-electron chi connectivity index (χ4n) is 3.53. The summed E-state index contributed by atoms with van der Waals surface area (Å²) in [5.41, 5.74) is 6.07. The van der Waals surface area contributed by atoms with Crippen LogP contribution in [0.3, 0.4) is 0 Å². The number of anilines is 1. The van der Waals surface area contributed by atoms with Crippen LogP contribution in [-0.4, -0.2) is 28.4 Å². The van der Waals surface area contributed by atoms with E-state index in [9.17, 15) is 27.6 Å². The molecule has 13 heteroatoms. The molecule has 38 heavy (non-hydrogen) atoms. The molecule has 1 aliphatic heterocycles. The molecule has 0 saturated carbocycles. The van der Waals surface area contributed by atoms with Gasteiger partial charge in [-0.15, -0.1) is 11.3 Å². The van der Waals surface area contributed by atoms with Crippen molar-refractivity contribution in [2.24, 2.45) is 5.10 Å². The van der Waals surface area contributed by atoms with E-state index >= 15 is 0 Å². The van der Waals surface area contributed by atoms with Crippen LogP contribution in [0.5, 0.6) is 0 Å². The van der Waals surface area contributed by atoms with E-state index < -0.39 is 23.6 Å². The number of rotatable bonds is 7. The molecule has 0 radical (unpaired) electrons. The molecule has 0 aliphatic carbocycles. The van der Waals surface area contributed by atoms with E-state index in [1.165, 1.54) is 12.1 Å². The van der Waals surface area contributed by atoms with Crippen molar-refractivity contribution in [3.05, 3.63) is 93.1 Å². The maximum absolute atomic E-state index is 12.9. The van der Waals surface area contributed by atoms with Crippen LogP contribution in [0.15, 0.2) is 77.3 Å². The quantitative estimate of drug-likeness (QED) is 0.308. The van der Waals surface area contributed by atoms with Crippen LogP contribution in [0, 0.1) is 0 Å². The summed E-state index contributed by atoms with van der Waals surface area (Å²) in [7, 11) is 0. The van der Waals surface area contributed by atoms with Crippen molar-refractivity contribution in [3.63, 3.8) is 0 Å². The highest BCUT2D eigenvalue weighted by atomic mass is 32.1. The number of hydrazone groups is 1. The number of pyridine rings is 1. The summed E-state index contributed by atoms with van der Waals surface area (Å²) in [4.78, 5) is 42.5. The fourth-order valence-corrected chi connectivity index (χ4v) is 4.35. The van der Waals surface area contributed by atoms with Crippen LogP contribution in [0.4, 0.5) is 18.9 Å². The molecule has 0 spiro atoms. The second kappa shape index (κ2) is 10.8. The summed E-state index contributed by atoms with van der Waals surface area (Å²) in [6, 6.07) is 10.7. The number of halogens is 3. The molecule has 3 heterocycles. The Morgan fingerprint density at radius 2 is 1.68 bits per heavy atom. The molecule has 3 aromatic rings. The molecule has 0 atom stereocenters. The van der Waals surface area contributed by atoms with Crippen LogP contribution in [0.1, 0.15) is 44.3 Å². The summed E-state index contributed by atoms with van der Waals surface area (Å²) in [6.45, 7) is 3.41. The minimum atomic E-state index is -4.50. The SMILES string of the molecule is CC1=NN(c2ccc(C(F)(F)F)cc2)C(=O)/C1=C(/C)NNC(=O)c1ccc(C(=O)NCc2cccnc2)s1. The number of hydrogen-bond acceptors (Lipinski definition) is 7. The minimum absolute atomic E-state index is 0.159. The van der Waals surface area contributed by atoms with E-state index in [2.05, 4.69) is 26.3 Å². The number of thiophene rings is 1. The van der Waals surface area contributed by atoms with Gasteiger partial charge >= 0.3 is 6.18 Å². The summed E-state index contributed by atoms with van der Waals surface area (Å²) in [5, 5.41) is 7.90. The second-order valence-corrected chi connectivity index (χ2v) is 9.22. The fraction of sp³-hybridized carbons (Fsp3) is 0.160. The summed E-state index contributed by atoms with van der Waals surface area (Å²) in [5.74, 6) is -1.43. The minimum Gasteiger partial charge on any atom is -0.347 e. The molecule has 196 valence electrons. The van der Waals surface area contributed by atoms with Crippen molar-refractivity contribution in [2.75, 3.05) is 5.01 Å². The highest BCUT2D eigenvalue weighted by Crippen LogP contribution is 2.32. The number of hydrazine groups is 1. The van der Waals surface area contributed by atoms with Gasteiger partial charge in [0.2, 0.25) is 0 Å². The molecular weight excluding hydrogens is 521 g/mol. The number of carbonyl (C=O) groups is 3. The van der Waals surface area contributed by atoms with Gasteiger partial charge in [0, 0.05) is 24.6 Å². The van der Waals surface area contributed by atoms with Crippen molar-refractivity contribution in [1.29, 1.82) is 0 Å². The summed E-state index contributed by atoms with van der Waals surface area (Å²) >= 11 is 0.995. The highest BCUT2D eigenvalue weighted by molar-refractivity contribution is 7.15. The first-order chi connectivity index (χ1) is 18.0. The average Bonchev–Trinajstić information content (AvgIpc) is 3.50. The lowest BCUT2D eigenvalue weighted by molar-refractivity contribution is -0.137. The zero-order chi connectivity index (χ0) is 27.4. The largest absolute Gasteiger partial charge is 0.416 e. The van der Waals surface area contributed by atoms with Crippen LogP contribution in [-0.2, 0) is 17.5 Å². The smallest absolute Gasteiger partial charge is 0.347 e. The molecule has 0 saturated heterocycles. The van der Waals surface area contributed by atoms with Gasteiger partial charge < -0.3 is 10.7 Å². The van der Waals surface area contributed by atoms with E-state index in [1.807, 2.05) is 6.07 Å². The first-order valence-electron chi connectivity index (χ1n) is 11.2. The number of hydrogen-bond donors (Lipinski definition) is 3. The topological polar surface area (TPSA) is 116 Å². The Bertz CT molecular complexity index is 1430. The maximum Gasteiger partial charge on any atom is 0.416 e. The van der Waals surface area contributed by atoms with E-state index in [1.54, 1.807) is 32.3 Å². The predicted octanol–water partition coefficient (Wildman–Crippen LogP) is 4.02. The number of nitrogens with zero attached hydrogens (tertiary/aromatic N) is 3. The van der Waals surface area contributed by atoms with Gasteiger partial charge in [-0.3, -0.25) is 24.8 Å². The molecule has 4 rings (SSSR count). The molecule has 0 unspecified atom stereocenters. The molecule has 3 N–H and O–H groups in total. The number of amides is 3. The molecule has 0 fully saturated rings. The highest BCUT2D eigenvalue weighted by Gasteiger charge is 2.33. The second-order valence-electron chi connectivity index (χ2n) is 8.13. The first-order valence-corrected chi connectivity index (χ1v) is 12.0. The molecule has 0 bridgehead atoms. The van der Waals surface area contributed by atoms with E-state index in [4.69, 9.17) is 0 Å². The Morgan fingerprint density at radius 1 is 1.00 bits per heavy atom. The normalized spacial score (nSPS) is 14.7. The van der Waals surface area contributed by atoms with Gasteiger partial charge in [-0.2, -0.15) is 23.3 Å². The summed E-state index contributed by atoms with van der Waals surface area (Å²) in [6.07, 6.45) is -1.23. The third-order valence-electron chi connectivity index (χ3n) is 5.43. The van der Waals surface area contributed by atoms with Gasteiger partial charge in [0.25, 0.3) is 17.7 Å². The van der Waals surface area contributed by atoms with Crippen LogP contribution >= 0.6 is 11.3 Å². The van der Waals surface area contributed by atoms with Crippen molar-refractivity contribution in [2.45, 2.75) is 26.6 Å². The molecule has 3 amide bonds. The van der Waals surface area contributed by atoms with Crippen molar-refractivity contribution >= 4 is 40.5 Å². The summed E-state index contributed by atoms with van der Waals surface area (Å²) < 4.78 is 38.5. The van der Waals surface area contributed by atoms with Crippen molar-refractivity contribution in [3.8, 4) is 0 Å². The lowest BCUT2D eigenvalue weighted by Crippen LogP contribution is -2.37. The van der Waals surface area contributed by atoms with Gasteiger partial charge in [0.1, 0.15) is 0 Å². The standard InChI is InChI=1S/C25H21F3N6O3S/c1-14(21-15(2)33-34(24(21)37)18-7-5-17(6-8-18)25(26,27)28)31-32-23(36)20-10-9-19(38-20)22(35)30-13-16-4-3-11-29-12-16/h3-12,31H,13H2,1-2H3,(H,30,35)(H,32,36)/b21-14-. The monoisotopic (exact) mass is 542 g/mol. The van der Waals surface area contributed by atoms with Gasteiger partial charge in [-0.05, 0) is 61.9 Å². The van der Waals surface area contributed by atoms with Gasteiger partial charge in [-0.1, -0.05) is 6.07 Å². The molecule has 1 aromatic carbocycles. The Hall–Kier alpha value is -4.52. The molecule has 2 aromatic heterocycles. The zero-order valence-corrected chi connectivity index (χ0v) is 20.9. The Labute approximate surface area is 219 Å². The number of alkyl halides is 3.